The van der Waals surface area contributed by atoms with Gasteiger partial charge in [0.25, 0.3) is 0 Å². The third kappa shape index (κ3) is 4.18. The standard InChI is InChI=1S/C13H12FN3OS/c1-9-2-7-12(18-9)8-15-17-13(19)16-11-5-3-10(14)4-6-11/h2-8H,1H3,(H2,16,17,19)/b15-8-. The van der Waals surface area contributed by atoms with Gasteiger partial charge in [0.05, 0.1) is 6.21 Å². The average Bonchev–Trinajstić information content (AvgIpc) is 2.78. The Balaban J connectivity index is 1.84. The second-order valence-corrected chi connectivity index (χ2v) is 4.19. The second-order valence-electron chi connectivity index (χ2n) is 3.78. The van der Waals surface area contributed by atoms with E-state index in [0.29, 0.717) is 16.6 Å². The molecule has 1 aromatic heterocycles. The second kappa shape index (κ2) is 6.10. The normalized spacial score (nSPS) is 10.6. The van der Waals surface area contributed by atoms with Crippen LogP contribution in [0.25, 0.3) is 0 Å². The highest BCUT2D eigenvalue weighted by Crippen LogP contribution is 2.07. The fourth-order valence-corrected chi connectivity index (χ4v) is 1.54. The van der Waals surface area contributed by atoms with Crippen molar-refractivity contribution in [2.45, 2.75) is 6.92 Å². The van der Waals surface area contributed by atoms with Crippen LogP contribution in [0.5, 0.6) is 0 Å². The molecule has 0 bridgehead atoms. The molecule has 0 saturated heterocycles. The van der Waals surface area contributed by atoms with Crippen molar-refractivity contribution in [2.75, 3.05) is 5.32 Å². The van der Waals surface area contributed by atoms with Crippen molar-refractivity contribution >= 4 is 29.2 Å². The van der Waals surface area contributed by atoms with Gasteiger partial charge < -0.3 is 9.73 Å². The summed E-state index contributed by atoms with van der Waals surface area (Å²) in [6, 6.07) is 9.51. The largest absolute Gasteiger partial charge is 0.460 e. The summed E-state index contributed by atoms with van der Waals surface area (Å²) in [5.41, 5.74) is 3.32. The van der Waals surface area contributed by atoms with Gasteiger partial charge in [-0.05, 0) is 55.5 Å². The van der Waals surface area contributed by atoms with E-state index in [1.54, 1.807) is 18.2 Å². The van der Waals surface area contributed by atoms with Gasteiger partial charge in [0.1, 0.15) is 17.3 Å². The van der Waals surface area contributed by atoms with Crippen LogP contribution in [0.2, 0.25) is 0 Å². The number of hydrazone groups is 1. The molecule has 0 aliphatic rings. The first-order chi connectivity index (χ1) is 9.13. The van der Waals surface area contributed by atoms with Gasteiger partial charge in [-0.15, -0.1) is 0 Å². The average molecular weight is 277 g/mol. The van der Waals surface area contributed by atoms with Crippen LogP contribution in [0.15, 0.2) is 45.9 Å². The smallest absolute Gasteiger partial charge is 0.191 e. The molecule has 0 aliphatic carbocycles. The highest BCUT2D eigenvalue weighted by Gasteiger charge is 1.97. The maximum Gasteiger partial charge on any atom is 0.191 e. The molecule has 0 radical (unpaired) electrons. The van der Waals surface area contributed by atoms with E-state index in [4.69, 9.17) is 16.6 Å². The summed E-state index contributed by atoms with van der Waals surface area (Å²) >= 11 is 5.03. The maximum atomic E-state index is 12.7. The molecule has 0 amide bonds. The highest BCUT2D eigenvalue weighted by molar-refractivity contribution is 7.80. The van der Waals surface area contributed by atoms with Crippen LogP contribution in [-0.4, -0.2) is 11.3 Å². The summed E-state index contributed by atoms with van der Waals surface area (Å²) in [7, 11) is 0. The monoisotopic (exact) mass is 277 g/mol. The number of hydrogen-bond acceptors (Lipinski definition) is 3. The lowest BCUT2D eigenvalue weighted by molar-refractivity contribution is 0.527. The summed E-state index contributed by atoms with van der Waals surface area (Å²) in [6.07, 6.45) is 1.52. The fourth-order valence-electron chi connectivity index (χ4n) is 1.37. The molecule has 0 aliphatic heterocycles. The van der Waals surface area contributed by atoms with Gasteiger partial charge in [0.2, 0.25) is 0 Å². The van der Waals surface area contributed by atoms with Crippen molar-refractivity contribution in [1.29, 1.82) is 0 Å². The van der Waals surface area contributed by atoms with E-state index in [2.05, 4.69) is 15.8 Å². The predicted molar refractivity (Wildman–Crippen MR) is 76.8 cm³/mol. The van der Waals surface area contributed by atoms with Gasteiger partial charge in [-0.1, -0.05) is 0 Å². The van der Waals surface area contributed by atoms with Crippen LogP contribution in [0.3, 0.4) is 0 Å². The molecular weight excluding hydrogens is 265 g/mol. The lowest BCUT2D eigenvalue weighted by Gasteiger charge is -2.06. The molecule has 1 heterocycles. The fraction of sp³-hybridized carbons (Fsp3) is 0.0769. The van der Waals surface area contributed by atoms with Crippen LogP contribution in [0.1, 0.15) is 11.5 Å². The number of hydrogen-bond donors (Lipinski definition) is 2. The molecule has 0 saturated carbocycles. The van der Waals surface area contributed by atoms with Crippen molar-refractivity contribution in [3.63, 3.8) is 0 Å². The van der Waals surface area contributed by atoms with Crippen molar-refractivity contribution in [1.82, 2.24) is 5.43 Å². The summed E-state index contributed by atoms with van der Waals surface area (Å²) in [4.78, 5) is 0. The van der Waals surface area contributed by atoms with E-state index in [0.717, 1.165) is 5.76 Å². The minimum Gasteiger partial charge on any atom is -0.460 e. The van der Waals surface area contributed by atoms with Crippen molar-refractivity contribution in [3.05, 3.63) is 53.7 Å². The molecular formula is C13H12FN3OS. The van der Waals surface area contributed by atoms with Crippen molar-refractivity contribution in [2.24, 2.45) is 5.10 Å². The summed E-state index contributed by atoms with van der Waals surface area (Å²) in [5.74, 6) is 1.15. The van der Waals surface area contributed by atoms with Crippen LogP contribution in [-0.2, 0) is 0 Å². The first-order valence-electron chi connectivity index (χ1n) is 5.55. The summed E-state index contributed by atoms with van der Waals surface area (Å²) < 4.78 is 18.0. The zero-order valence-electron chi connectivity index (χ0n) is 10.2. The van der Waals surface area contributed by atoms with Gasteiger partial charge >= 0.3 is 0 Å². The van der Waals surface area contributed by atoms with E-state index in [9.17, 15) is 4.39 Å². The number of furan rings is 1. The summed E-state index contributed by atoms with van der Waals surface area (Å²) in [5, 5.41) is 7.10. The molecule has 0 atom stereocenters. The van der Waals surface area contributed by atoms with Gasteiger partial charge in [-0.25, -0.2) is 4.39 Å². The molecule has 4 nitrogen and oxygen atoms in total. The lowest BCUT2D eigenvalue weighted by atomic mass is 10.3. The Hall–Kier alpha value is -2.21. The lowest BCUT2D eigenvalue weighted by Crippen LogP contribution is -2.23. The quantitative estimate of drug-likeness (QED) is 0.514. The van der Waals surface area contributed by atoms with Crippen LogP contribution < -0.4 is 10.7 Å². The van der Waals surface area contributed by atoms with E-state index < -0.39 is 0 Å². The Bertz CT molecular complexity index is 592. The number of halogens is 1. The molecule has 2 rings (SSSR count). The van der Waals surface area contributed by atoms with Crippen molar-refractivity contribution in [3.8, 4) is 0 Å². The summed E-state index contributed by atoms with van der Waals surface area (Å²) in [6.45, 7) is 1.85. The molecule has 1 aromatic carbocycles. The van der Waals surface area contributed by atoms with E-state index in [1.165, 1.54) is 18.3 Å². The van der Waals surface area contributed by atoms with E-state index >= 15 is 0 Å². The highest BCUT2D eigenvalue weighted by atomic mass is 32.1. The van der Waals surface area contributed by atoms with E-state index in [1.807, 2.05) is 13.0 Å². The predicted octanol–water partition coefficient (Wildman–Crippen LogP) is 3.05. The Kier molecular flexibility index (Phi) is 4.25. The molecule has 0 fully saturated rings. The number of rotatable bonds is 3. The zero-order valence-corrected chi connectivity index (χ0v) is 11.0. The number of benzene rings is 1. The van der Waals surface area contributed by atoms with Gasteiger partial charge in [0.15, 0.2) is 5.11 Å². The molecule has 2 aromatic rings. The Morgan fingerprint density at radius 1 is 1.26 bits per heavy atom. The van der Waals surface area contributed by atoms with Gasteiger partial charge in [-0.2, -0.15) is 5.10 Å². The number of nitrogens with one attached hydrogen (secondary N) is 2. The molecule has 2 N–H and O–H groups in total. The first kappa shape index (κ1) is 13.2. The van der Waals surface area contributed by atoms with Crippen LogP contribution in [0.4, 0.5) is 10.1 Å². The van der Waals surface area contributed by atoms with Gasteiger partial charge in [-0.3, -0.25) is 5.43 Å². The molecule has 98 valence electrons. The zero-order chi connectivity index (χ0) is 13.7. The Labute approximate surface area is 115 Å². The SMILES string of the molecule is Cc1ccc(/C=N\NC(=S)Nc2ccc(F)cc2)o1. The minimum atomic E-state index is -0.296. The molecule has 19 heavy (non-hydrogen) atoms. The topological polar surface area (TPSA) is 49.6 Å². The number of nitrogens with zero attached hydrogens (tertiary/aromatic N) is 1. The maximum absolute atomic E-state index is 12.7. The first-order valence-corrected chi connectivity index (χ1v) is 5.96. The number of anilines is 1. The van der Waals surface area contributed by atoms with Crippen LogP contribution in [0, 0.1) is 12.7 Å². The molecule has 6 heteroatoms. The third-order valence-electron chi connectivity index (χ3n) is 2.22. The van der Waals surface area contributed by atoms with Crippen LogP contribution >= 0.6 is 12.2 Å². The van der Waals surface area contributed by atoms with E-state index in [-0.39, 0.29) is 5.82 Å². The third-order valence-corrected chi connectivity index (χ3v) is 2.41. The number of thiocarbonyl (C=S) groups is 1. The molecule has 0 unspecified atom stereocenters. The van der Waals surface area contributed by atoms with Gasteiger partial charge in [0, 0.05) is 5.69 Å². The Morgan fingerprint density at radius 3 is 2.63 bits per heavy atom. The van der Waals surface area contributed by atoms with Crippen molar-refractivity contribution < 1.29 is 8.81 Å². The Morgan fingerprint density at radius 2 is 2.00 bits per heavy atom. The molecule has 0 spiro atoms. The minimum absolute atomic E-state index is 0.296. The number of aryl methyl sites for hydroxylation is 1.